The Morgan fingerprint density at radius 1 is 1.11 bits per heavy atom. The molecule has 0 aliphatic rings. The minimum atomic E-state index is -4.68. The molecule has 4 nitrogen and oxygen atoms in total. The van der Waals surface area contributed by atoms with E-state index in [0.717, 1.165) is 18.4 Å². The Labute approximate surface area is 166 Å². The van der Waals surface area contributed by atoms with Gasteiger partial charge in [-0.05, 0) is 56.4 Å². The molecule has 0 N–H and O–H groups in total. The van der Waals surface area contributed by atoms with Crippen molar-refractivity contribution in [1.29, 1.82) is 5.26 Å². The Morgan fingerprint density at radius 2 is 1.71 bits per heavy atom. The van der Waals surface area contributed by atoms with Gasteiger partial charge in [0.2, 0.25) is 0 Å². The number of para-hydroxylation sites is 1. The van der Waals surface area contributed by atoms with Gasteiger partial charge in [0.1, 0.15) is 6.29 Å². The van der Waals surface area contributed by atoms with Crippen molar-refractivity contribution in [2.24, 2.45) is 0 Å². The maximum atomic E-state index is 13.3. The van der Waals surface area contributed by atoms with Crippen LogP contribution in [-0.2, 0) is 11.0 Å². The number of nitrogens with zero attached hydrogens (tertiary/aromatic N) is 3. The molecular weight excluding hydrogens is 387 g/mol. The largest absolute Gasteiger partial charge is 0.417 e. The highest BCUT2D eigenvalue weighted by molar-refractivity contribution is 7.80. The van der Waals surface area contributed by atoms with Gasteiger partial charge >= 0.3 is 6.18 Å². The van der Waals surface area contributed by atoms with Crippen LogP contribution in [-0.4, -0.2) is 24.0 Å². The van der Waals surface area contributed by atoms with Crippen LogP contribution in [0.2, 0.25) is 0 Å². The van der Waals surface area contributed by atoms with Gasteiger partial charge < -0.3 is 14.6 Å². The lowest BCUT2D eigenvalue weighted by molar-refractivity contribution is -0.137. The molecule has 0 fully saturated rings. The summed E-state index contributed by atoms with van der Waals surface area (Å²) in [6.45, 7) is 3.32. The van der Waals surface area contributed by atoms with Crippen LogP contribution in [0.3, 0.4) is 0 Å². The predicted octanol–water partition coefficient (Wildman–Crippen LogP) is 4.78. The minimum absolute atomic E-state index is 0.140. The molecule has 146 valence electrons. The van der Waals surface area contributed by atoms with Crippen molar-refractivity contribution in [2.75, 3.05) is 16.8 Å². The van der Waals surface area contributed by atoms with Crippen LogP contribution in [0.4, 0.5) is 24.5 Å². The Morgan fingerprint density at radius 3 is 2.21 bits per heavy atom. The van der Waals surface area contributed by atoms with Crippen LogP contribution < -0.4 is 9.80 Å². The molecule has 0 heterocycles. The molecule has 2 aromatic rings. The van der Waals surface area contributed by atoms with Crippen molar-refractivity contribution in [1.82, 2.24) is 0 Å². The van der Waals surface area contributed by atoms with Crippen LogP contribution >= 0.6 is 12.2 Å². The van der Waals surface area contributed by atoms with E-state index in [9.17, 15) is 18.0 Å². The summed E-state index contributed by atoms with van der Waals surface area (Å²) < 4.78 is 39.9. The number of halogens is 3. The summed E-state index contributed by atoms with van der Waals surface area (Å²) in [6, 6.07) is 13.8. The third-order valence-electron chi connectivity index (χ3n) is 4.17. The minimum Gasteiger partial charge on any atom is -0.322 e. The van der Waals surface area contributed by atoms with E-state index in [4.69, 9.17) is 17.5 Å². The molecule has 0 aromatic heterocycles. The van der Waals surface area contributed by atoms with E-state index in [1.165, 1.54) is 18.0 Å². The predicted molar refractivity (Wildman–Crippen MR) is 106 cm³/mol. The van der Waals surface area contributed by atoms with E-state index in [1.54, 1.807) is 55.1 Å². The zero-order valence-electron chi connectivity index (χ0n) is 15.5. The zero-order valence-corrected chi connectivity index (χ0v) is 16.3. The molecule has 0 unspecified atom stereocenters. The first kappa shape index (κ1) is 21.4. The standard InChI is InChI=1S/C20H18F3N3OS/c1-19(2,13-27)26(15-7-5-4-6-8-15)18(28)25(3)16-10-9-14(12-24)17(11-16)20(21,22)23/h4-11,13H,1-3H3. The molecule has 28 heavy (non-hydrogen) atoms. The molecule has 0 aliphatic carbocycles. The molecule has 0 saturated carbocycles. The summed E-state index contributed by atoms with van der Waals surface area (Å²) in [5.74, 6) is 0. The normalized spacial score (nSPS) is 11.5. The number of rotatable bonds is 4. The molecular formula is C20H18F3N3OS. The fourth-order valence-electron chi connectivity index (χ4n) is 2.65. The highest BCUT2D eigenvalue weighted by atomic mass is 32.1. The molecule has 0 amide bonds. The summed E-state index contributed by atoms with van der Waals surface area (Å²) in [6.07, 6.45) is -3.95. The van der Waals surface area contributed by atoms with Gasteiger partial charge in [0.05, 0.1) is 22.7 Å². The zero-order chi connectivity index (χ0) is 21.1. The lowest BCUT2D eigenvalue weighted by Gasteiger charge is -2.39. The SMILES string of the molecule is CN(C(=S)N(c1ccccc1)C(C)(C)C=O)c1ccc(C#N)c(C(F)(F)F)c1. The van der Waals surface area contributed by atoms with Crippen LogP contribution in [0.5, 0.6) is 0 Å². The lowest BCUT2D eigenvalue weighted by atomic mass is 10.0. The molecule has 0 bridgehead atoms. The first-order valence-electron chi connectivity index (χ1n) is 8.23. The van der Waals surface area contributed by atoms with Crippen molar-refractivity contribution >= 4 is 35.0 Å². The fraction of sp³-hybridized carbons (Fsp3) is 0.250. The molecule has 0 spiro atoms. The quantitative estimate of drug-likeness (QED) is 0.541. The smallest absolute Gasteiger partial charge is 0.322 e. The number of anilines is 2. The molecule has 0 atom stereocenters. The number of alkyl halides is 3. The molecule has 2 rings (SSSR count). The second-order valence-electron chi connectivity index (χ2n) is 6.62. The van der Waals surface area contributed by atoms with Crippen molar-refractivity contribution in [3.8, 4) is 6.07 Å². The van der Waals surface area contributed by atoms with E-state index in [0.29, 0.717) is 5.69 Å². The fourth-order valence-corrected chi connectivity index (χ4v) is 3.10. The Balaban J connectivity index is 2.52. The van der Waals surface area contributed by atoms with E-state index in [2.05, 4.69) is 0 Å². The number of thiocarbonyl (C=S) groups is 1. The van der Waals surface area contributed by atoms with Crippen LogP contribution in [0.1, 0.15) is 25.0 Å². The van der Waals surface area contributed by atoms with Crippen molar-refractivity contribution in [2.45, 2.75) is 25.6 Å². The monoisotopic (exact) mass is 405 g/mol. The molecule has 8 heteroatoms. The average molecular weight is 405 g/mol. The Bertz CT molecular complexity index is 921. The number of benzene rings is 2. The topological polar surface area (TPSA) is 47.3 Å². The highest BCUT2D eigenvalue weighted by Crippen LogP contribution is 2.35. The van der Waals surface area contributed by atoms with Gasteiger partial charge in [-0.2, -0.15) is 18.4 Å². The average Bonchev–Trinajstić information content (AvgIpc) is 2.67. The third-order valence-corrected chi connectivity index (χ3v) is 4.63. The first-order valence-corrected chi connectivity index (χ1v) is 8.64. The summed E-state index contributed by atoms with van der Waals surface area (Å²) in [5.41, 5.74) is -1.77. The van der Waals surface area contributed by atoms with Crippen LogP contribution in [0, 0.1) is 11.3 Å². The van der Waals surface area contributed by atoms with E-state index < -0.39 is 22.8 Å². The number of nitriles is 1. The Kier molecular flexibility index (Phi) is 6.10. The molecule has 0 saturated heterocycles. The van der Waals surface area contributed by atoms with Crippen molar-refractivity contribution < 1.29 is 18.0 Å². The van der Waals surface area contributed by atoms with Gasteiger partial charge in [0.25, 0.3) is 0 Å². The number of hydrogen-bond donors (Lipinski definition) is 0. The third kappa shape index (κ3) is 4.31. The molecule has 2 aromatic carbocycles. The van der Waals surface area contributed by atoms with Crippen LogP contribution in [0.15, 0.2) is 48.5 Å². The summed E-state index contributed by atoms with van der Waals surface area (Å²) >= 11 is 5.52. The van der Waals surface area contributed by atoms with Gasteiger partial charge in [0, 0.05) is 18.4 Å². The summed E-state index contributed by atoms with van der Waals surface area (Å²) in [5, 5.41) is 9.10. The first-order chi connectivity index (χ1) is 13.0. The Hall–Kier alpha value is -2.92. The van der Waals surface area contributed by atoms with Gasteiger partial charge in [0.15, 0.2) is 5.11 Å². The second-order valence-corrected chi connectivity index (χ2v) is 6.99. The van der Waals surface area contributed by atoms with E-state index >= 15 is 0 Å². The lowest BCUT2D eigenvalue weighted by Crippen LogP contribution is -2.53. The number of carbonyl (C=O) groups excluding carboxylic acids is 1. The number of hydrogen-bond acceptors (Lipinski definition) is 3. The van der Waals surface area contributed by atoms with Gasteiger partial charge in [-0.15, -0.1) is 0 Å². The summed E-state index contributed by atoms with van der Waals surface area (Å²) in [7, 11) is 1.51. The maximum Gasteiger partial charge on any atom is 0.417 e. The van der Waals surface area contributed by atoms with Gasteiger partial charge in [-0.3, -0.25) is 0 Å². The molecule has 0 radical (unpaired) electrons. The second kappa shape index (κ2) is 7.98. The number of aldehydes is 1. The van der Waals surface area contributed by atoms with E-state index in [1.807, 2.05) is 0 Å². The maximum absolute atomic E-state index is 13.3. The van der Waals surface area contributed by atoms with Crippen molar-refractivity contribution in [3.05, 3.63) is 59.7 Å². The van der Waals surface area contributed by atoms with Gasteiger partial charge in [-0.25, -0.2) is 0 Å². The molecule has 0 aliphatic heterocycles. The summed E-state index contributed by atoms with van der Waals surface area (Å²) in [4.78, 5) is 14.6. The number of carbonyl (C=O) groups is 1. The van der Waals surface area contributed by atoms with E-state index in [-0.39, 0.29) is 10.8 Å². The highest BCUT2D eigenvalue weighted by Gasteiger charge is 2.35. The van der Waals surface area contributed by atoms with Crippen molar-refractivity contribution in [3.63, 3.8) is 0 Å². The van der Waals surface area contributed by atoms with Crippen LogP contribution in [0.25, 0.3) is 0 Å². The van der Waals surface area contributed by atoms with Gasteiger partial charge in [-0.1, -0.05) is 18.2 Å².